The predicted octanol–water partition coefficient (Wildman–Crippen LogP) is 1.30. The molecular formula is C24H48O11. The summed E-state index contributed by atoms with van der Waals surface area (Å²) >= 11 is 0. The van der Waals surface area contributed by atoms with Crippen LogP contribution in [0.25, 0.3) is 0 Å². The van der Waals surface area contributed by atoms with Crippen LogP contribution in [0.15, 0.2) is 0 Å². The van der Waals surface area contributed by atoms with E-state index in [1.165, 1.54) is 0 Å². The second-order valence-corrected chi connectivity index (χ2v) is 8.07. The summed E-state index contributed by atoms with van der Waals surface area (Å²) in [6.07, 6.45) is 2.71. The molecular weight excluding hydrogens is 464 g/mol. The van der Waals surface area contributed by atoms with Gasteiger partial charge in [-0.2, -0.15) is 0 Å². The van der Waals surface area contributed by atoms with Crippen molar-refractivity contribution >= 4 is 0 Å². The summed E-state index contributed by atoms with van der Waals surface area (Å²) in [6, 6.07) is 0. The van der Waals surface area contributed by atoms with Crippen LogP contribution in [-0.4, -0.2) is 139 Å². The van der Waals surface area contributed by atoms with Gasteiger partial charge in [-0.3, -0.25) is 0 Å². The first-order chi connectivity index (χ1) is 17.2. The number of methoxy groups -OCH3 is 4. The third kappa shape index (κ3) is 18.5. The van der Waals surface area contributed by atoms with E-state index in [2.05, 4.69) is 0 Å². The molecule has 0 N–H and O–H groups in total. The highest BCUT2D eigenvalue weighted by atomic mass is 16.7. The van der Waals surface area contributed by atoms with Crippen LogP contribution in [0, 0.1) is 0 Å². The van der Waals surface area contributed by atoms with Crippen LogP contribution in [0.5, 0.6) is 0 Å². The summed E-state index contributed by atoms with van der Waals surface area (Å²) < 4.78 is 60.3. The Morgan fingerprint density at radius 1 is 0.571 bits per heavy atom. The van der Waals surface area contributed by atoms with E-state index in [1.807, 2.05) is 0 Å². The van der Waals surface area contributed by atoms with Crippen molar-refractivity contribution in [3.8, 4) is 0 Å². The topological polar surface area (TPSA) is 102 Å². The first-order valence-corrected chi connectivity index (χ1v) is 12.4. The summed E-state index contributed by atoms with van der Waals surface area (Å²) in [7, 11) is 6.52. The molecule has 1 aliphatic heterocycles. The van der Waals surface area contributed by atoms with E-state index in [1.54, 1.807) is 28.4 Å². The van der Waals surface area contributed by atoms with E-state index in [0.29, 0.717) is 79.3 Å². The lowest BCUT2D eigenvalue weighted by atomic mass is 10.2. The van der Waals surface area contributed by atoms with Gasteiger partial charge in [0.15, 0.2) is 6.29 Å². The van der Waals surface area contributed by atoms with Gasteiger partial charge in [-0.1, -0.05) is 0 Å². The molecule has 4 atom stereocenters. The fourth-order valence-corrected chi connectivity index (χ4v) is 3.14. The van der Waals surface area contributed by atoms with Crippen molar-refractivity contribution in [1.82, 2.24) is 0 Å². The molecule has 0 aromatic heterocycles. The lowest BCUT2D eigenvalue weighted by molar-refractivity contribution is -0.169. The van der Waals surface area contributed by atoms with Crippen LogP contribution >= 0.6 is 0 Å². The molecule has 1 aliphatic rings. The van der Waals surface area contributed by atoms with Crippen molar-refractivity contribution in [3.63, 3.8) is 0 Å². The zero-order valence-corrected chi connectivity index (χ0v) is 22.1. The maximum atomic E-state index is 5.72. The zero-order chi connectivity index (χ0) is 25.4. The van der Waals surface area contributed by atoms with Crippen LogP contribution in [0.3, 0.4) is 0 Å². The Hall–Kier alpha value is -0.440. The van der Waals surface area contributed by atoms with E-state index in [4.69, 9.17) is 52.1 Å². The van der Waals surface area contributed by atoms with Crippen LogP contribution in [0.4, 0.5) is 0 Å². The molecule has 0 bridgehead atoms. The van der Waals surface area contributed by atoms with E-state index < -0.39 is 0 Å². The van der Waals surface area contributed by atoms with Crippen LogP contribution in [0.1, 0.15) is 19.3 Å². The standard InChI is InChI=1S/C24H48O11/c1-25-15-21(26-2)17-32-19-23(28-4)20-33-18-22(27-3)16-31-12-11-29-9-10-30-13-14-35-24-7-5-6-8-34-24/h21-24H,5-20H2,1-4H3. The van der Waals surface area contributed by atoms with Gasteiger partial charge < -0.3 is 52.1 Å². The molecule has 0 amide bonds. The van der Waals surface area contributed by atoms with Crippen molar-refractivity contribution < 1.29 is 52.1 Å². The van der Waals surface area contributed by atoms with Crippen molar-refractivity contribution in [1.29, 1.82) is 0 Å². The molecule has 0 aromatic carbocycles. The molecule has 1 fully saturated rings. The Kier molecular flexibility index (Phi) is 22.3. The van der Waals surface area contributed by atoms with Crippen molar-refractivity contribution in [3.05, 3.63) is 0 Å². The molecule has 4 unspecified atom stereocenters. The third-order valence-electron chi connectivity index (χ3n) is 5.28. The second-order valence-electron chi connectivity index (χ2n) is 8.07. The molecule has 0 aromatic rings. The number of hydrogen-bond acceptors (Lipinski definition) is 11. The van der Waals surface area contributed by atoms with Gasteiger partial charge in [-0.15, -0.1) is 0 Å². The Morgan fingerprint density at radius 3 is 1.54 bits per heavy atom. The lowest BCUT2D eigenvalue weighted by Gasteiger charge is -2.22. The van der Waals surface area contributed by atoms with Gasteiger partial charge in [-0.25, -0.2) is 0 Å². The summed E-state index contributed by atoms with van der Waals surface area (Å²) in [6.45, 7) is 6.35. The number of hydrogen-bond donors (Lipinski definition) is 0. The normalized spacial score (nSPS) is 19.0. The second kappa shape index (κ2) is 23.9. The largest absolute Gasteiger partial charge is 0.382 e. The molecule has 11 nitrogen and oxygen atoms in total. The maximum Gasteiger partial charge on any atom is 0.157 e. The molecule has 1 rings (SSSR count). The Balaban J connectivity index is 1.93. The predicted molar refractivity (Wildman–Crippen MR) is 128 cm³/mol. The minimum Gasteiger partial charge on any atom is -0.382 e. The molecule has 11 heteroatoms. The molecule has 210 valence electrons. The first kappa shape index (κ1) is 32.6. The Bertz CT molecular complexity index is 438. The summed E-state index contributed by atoms with van der Waals surface area (Å²) in [5.41, 5.74) is 0. The molecule has 0 radical (unpaired) electrons. The monoisotopic (exact) mass is 512 g/mol. The van der Waals surface area contributed by atoms with Gasteiger partial charge in [0.1, 0.15) is 18.3 Å². The minimum atomic E-state index is -0.184. The SMILES string of the molecule is COCC(COCC(COCC(COCCOCCOCCOC1CCCCO1)OC)OC)OC. The molecule has 0 saturated carbocycles. The summed E-state index contributed by atoms with van der Waals surface area (Å²) in [5, 5.41) is 0. The highest BCUT2D eigenvalue weighted by Crippen LogP contribution is 2.13. The van der Waals surface area contributed by atoms with E-state index in [-0.39, 0.29) is 24.6 Å². The van der Waals surface area contributed by atoms with Crippen LogP contribution in [0.2, 0.25) is 0 Å². The lowest BCUT2D eigenvalue weighted by Crippen LogP contribution is -2.31. The smallest absolute Gasteiger partial charge is 0.157 e. The average Bonchev–Trinajstić information content (AvgIpc) is 2.89. The van der Waals surface area contributed by atoms with Gasteiger partial charge >= 0.3 is 0 Å². The highest BCUT2D eigenvalue weighted by molar-refractivity contribution is 4.60. The van der Waals surface area contributed by atoms with Gasteiger partial charge in [0.05, 0.1) is 79.3 Å². The molecule has 0 aliphatic carbocycles. The van der Waals surface area contributed by atoms with E-state index in [9.17, 15) is 0 Å². The van der Waals surface area contributed by atoms with Gasteiger partial charge in [0.25, 0.3) is 0 Å². The fraction of sp³-hybridized carbons (Fsp3) is 1.00. The quantitative estimate of drug-likeness (QED) is 0.165. The van der Waals surface area contributed by atoms with Crippen molar-refractivity contribution in [2.45, 2.75) is 43.9 Å². The highest BCUT2D eigenvalue weighted by Gasteiger charge is 2.15. The van der Waals surface area contributed by atoms with Crippen molar-refractivity contribution in [2.75, 3.05) is 114 Å². The molecule has 0 spiro atoms. The van der Waals surface area contributed by atoms with Gasteiger partial charge in [-0.05, 0) is 19.3 Å². The van der Waals surface area contributed by atoms with E-state index in [0.717, 1.165) is 25.9 Å². The Labute approximate surface area is 210 Å². The number of rotatable bonds is 25. The summed E-state index contributed by atoms with van der Waals surface area (Å²) in [5.74, 6) is 0. The Morgan fingerprint density at radius 2 is 1.06 bits per heavy atom. The van der Waals surface area contributed by atoms with Gasteiger partial charge in [0.2, 0.25) is 0 Å². The molecule has 35 heavy (non-hydrogen) atoms. The van der Waals surface area contributed by atoms with Crippen molar-refractivity contribution in [2.24, 2.45) is 0 Å². The number of ether oxygens (including phenoxy) is 11. The maximum absolute atomic E-state index is 5.72. The van der Waals surface area contributed by atoms with Crippen LogP contribution in [-0.2, 0) is 52.1 Å². The zero-order valence-electron chi connectivity index (χ0n) is 22.1. The fourth-order valence-electron chi connectivity index (χ4n) is 3.14. The third-order valence-corrected chi connectivity index (χ3v) is 5.28. The summed E-state index contributed by atoms with van der Waals surface area (Å²) in [4.78, 5) is 0. The van der Waals surface area contributed by atoms with E-state index >= 15 is 0 Å². The molecule has 1 heterocycles. The first-order valence-electron chi connectivity index (χ1n) is 12.4. The molecule has 1 saturated heterocycles. The van der Waals surface area contributed by atoms with Crippen LogP contribution < -0.4 is 0 Å². The minimum absolute atomic E-state index is 0.0713. The van der Waals surface area contributed by atoms with Gasteiger partial charge in [0, 0.05) is 35.0 Å². The average molecular weight is 513 g/mol.